The number of carbonyl (C=O) groups is 2. The maximum Gasteiger partial charge on any atom is 0.265 e. The molecule has 122 valence electrons. The highest BCUT2D eigenvalue weighted by Crippen LogP contribution is 2.38. The molecule has 1 aromatic rings. The zero-order valence-corrected chi connectivity index (χ0v) is 13.1. The zero-order valence-electron chi connectivity index (χ0n) is 13.1. The van der Waals surface area contributed by atoms with Crippen LogP contribution in [0.5, 0.6) is 5.75 Å². The minimum Gasteiger partial charge on any atom is -0.482 e. The molecule has 1 saturated carbocycles. The number of nitrogens with zero attached hydrogens (tertiary/aromatic N) is 1. The Balaban J connectivity index is 1.44. The summed E-state index contributed by atoms with van der Waals surface area (Å²) >= 11 is 0. The molecule has 3 atom stereocenters. The van der Waals surface area contributed by atoms with E-state index in [1.807, 2.05) is 25.1 Å². The van der Waals surface area contributed by atoms with Crippen molar-refractivity contribution in [2.75, 3.05) is 24.7 Å². The lowest BCUT2D eigenvalue weighted by atomic mass is 9.76. The Morgan fingerprint density at radius 2 is 2.30 bits per heavy atom. The van der Waals surface area contributed by atoms with Gasteiger partial charge in [-0.25, -0.2) is 0 Å². The van der Waals surface area contributed by atoms with Crippen LogP contribution in [0.4, 0.5) is 5.69 Å². The first-order valence-electron chi connectivity index (χ1n) is 8.06. The summed E-state index contributed by atoms with van der Waals surface area (Å²) in [5.74, 6) is 0.779. The first kappa shape index (κ1) is 14.5. The van der Waals surface area contributed by atoms with Crippen molar-refractivity contribution in [3.05, 3.63) is 23.8 Å². The largest absolute Gasteiger partial charge is 0.482 e. The average Bonchev–Trinajstić information content (AvgIpc) is 2.89. The number of rotatable bonds is 3. The SMILES string of the molecule is Cc1ccc2c(c1)N(CC(=O)N[C@H]1C[C@@H]3OCC[C@H]13)C(=O)CO2. The molecule has 23 heavy (non-hydrogen) atoms. The lowest BCUT2D eigenvalue weighted by molar-refractivity contribution is -0.126. The third kappa shape index (κ3) is 2.57. The third-order valence-corrected chi connectivity index (χ3v) is 4.97. The van der Waals surface area contributed by atoms with E-state index in [2.05, 4.69) is 5.32 Å². The second-order valence-corrected chi connectivity index (χ2v) is 6.51. The van der Waals surface area contributed by atoms with Gasteiger partial charge in [0.25, 0.3) is 5.91 Å². The van der Waals surface area contributed by atoms with Crippen molar-refractivity contribution in [1.29, 1.82) is 0 Å². The molecule has 0 spiro atoms. The van der Waals surface area contributed by atoms with Crippen LogP contribution in [0.3, 0.4) is 0 Å². The fourth-order valence-electron chi connectivity index (χ4n) is 3.64. The summed E-state index contributed by atoms with van der Waals surface area (Å²) in [7, 11) is 0. The topological polar surface area (TPSA) is 67.9 Å². The highest BCUT2D eigenvalue weighted by Gasteiger charge is 2.45. The summed E-state index contributed by atoms with van der Waals surface area (Å²) < 4.78 is 11.0. The van der Waals surface area contributed by atoms with Crippen molar-refractivity contribution in [1.82, 2.24) is 5.32 Å². The van der Waals surface area contributed by atoms with Gasteiger partial charge in [0.1, 0.15) is 12.3 Å². The van der Waals surface area contributed by atoms with Crippen molar-refractivity contribution in [2.45, 2.75) is 31.9 Å². The predicted molar refractivity (Wildman–Crippen MR) is 83.4 cm³/mol. The molecule has 2 fully saturated rings. The molecule has 0 unspecified atom stereocenters. The van der Waals surface area contributed by atoms with Crippen molar-refractivity contribution in [3.8, 4) is 5.75 Å². The molecule has 0 bridgehead atoms. The van der Waals surface area contributed by atoms with Crippen LogP contribution >= 0.6 is 0 Å². The van der Waals surface area contributed by atoms with Gasteiger partial charge in [-0.3, -0.25) is 14.5 Å². The Hall–Kier alpha value is -2.08. The highest BCUT2D eigenvalue weighted by molar-refractivity contribution is 6.02. The van der Waals surface area contributed by atoms with Gasteiger partial charge in [0.05, 0.1) is 11.8 Å². The number of fused-ring (bicyclic) bond motifs is 2. The second-order valence-electron chi connectivity index (χ2n) is 6.51. The molecule has 1 aromatic carbocycles. The smallest absolute Gasteiger partial charge is 0.265 e. The van der Waals surface area contributed by atoms with Gasteiger partial charge >= 0.3 is 0 Å². The van der Waals surface area contributed by atoms with Crippen LogP contribution < -0.4 is 15.0 Å². The maximum atomic E-state index is 12.4. The van der Waals surface area contributed by atoms with E-state index in [1.165, 1.54) is 4.90 Å². The van der Waals surface area contributed by atoms with E-state index in [4.69, 9.17) is 9.47 Å². The van der Waals surface area contributed by atoms with E-state index in [9.17, 15) is 9.59 Å². The van der Waals surface area contributed by atoms with Gasteiger partial charge in [-0.05, 0) is 37.5 Å². The highest BCUT2D eigenvalue weighted by atomic mass is 16.5. The first-order valence-corrected chi connectivity index (χ1v) is 8.06. The summed E-state index contributed by atoms with van der Waals surface area (Å²) in [6.45, 7) is 2.75. The average molecular weight is 316 g/mol. The number of ether oxygens (including phenoxy) is 2. The quantitative estimate of drug-likeness (QED) is 0.904. The number of hydrogen-bond donors (Lipinski definition) is 1. The molecule has 3 aliphatic rings. The third-order valence-electron chi connectivity index (χ3n) is 4.97. The molecule has 0 radical (unpaired) electrons. The molecule has 2 aliphatic heterocycles. The van der Waals surface area contributed by atoms with Crippen LogP contribution in [0.25, 0.3) is 0 Å². The standard InChI is InChI=1S/C17H20N2O4/c1-10-2-3-14-13(6-10)19(17(21)9-23-14)8-16(20)18-12-7-15-11(12)4-5-22-15/h2-3,6,11-12,15H,4-5,7-9H2,1H3,(H,18,20)/t11-,12+,15+/m1/s1. The number of amides is 2. The fourth-order valence-corrected chi connectivity index (χ4v) is 3.64. The van der Waals surface area contributed by atoms with Crippen molar-refractivity contribution in [2.24, 2.45) is 5.92 Å². The van der Waals surface area contributed by atoms with E-state index in [0.29, 0.717) is 23.5 Å². The minimum atomic E-state index is -0.186. The fraction of sp³-hybridized carbons (Fsp3) is 0.529. The van der Waals surface area contributed by atoms with Crippen LogP contribution in [-0.4, -0.2) is 43.7 Å². The van der Waals surface area contributed by atoms with Gasteiger partial charge in [0.2, 0.25) is 5.91 Å². The number of hydrogen-bond acceptors (Lipinski definition) is 4. The van der Waals surface area contributed by atoms with Crippen LogP contribution in [0, 0.1) is 12.8 Å². The normalized spacial score (nSPS) is 28.5. The van der Waals surface area contributed by atoms with E-state index < -0.39 is 0 Å². The first-order chi connectivity index (χ1) is 11.1. The minimum absolute atomic E-state index is 0.0225. The van der Waals surface area contributed by atoms with E-state index in [-0.39, 0.29) is 31.0 Å². The van der Waals surface area contributed by atoms with Crippen molar-refractivity contribution >= 4 is 17.5 Å². The zero-order chi connectivity index (χ0) is 16.0. The molecule has 6 heteroatoms. The van der Waals surface area contributed by atoms with Crippen LogP contribution in [0.15, 0.2) is 18.2 Å². The molecular weight excluding hydrogens is 296 g/mol. The van der Waals surface area contributed by atoms with Gasteiger partial charge in [0, 0.05) is 18.6 Å². The summed E-state index contributed by atoms with van der Waals surface area (Å²) in [6.07, 6.45) is 2.20. The summed E-state index contributed by atoms with van der Waals surface area (Å²) in [5, 5.41) is 3.05. The van der Waals surface area contributed by atoms with Gasteiger partial charge < -0.3 is 14.8 Å². The van der Waals surface area contributed by atoms with E-state index in [0.717, 1.165) is 25.0 Å². The van der Waals surface area contributed by atoms with Crippen LogP contribution in [0.1, 0.15) is 18.4 Å². The van der Waals surface area contributed by atoms with E-state index in [1.54, 1.807) is 0 Å². The number of carbonyl (C=O) groups excluding carboxylic acids is 2. The molecule has 2 amide bonds. The molecule has 4 rings (SSSR count). The Morgan fingerprint density at radius 3 is 3.13 bits per heavy atom. The van der Waals surface area contributed by atoms with Gasteiger partial charge in [-0.2, -0.15) is 0 Å². The monoisotopic (exact) mass is 316 g/mol. The number of benzene rings is 1. The van der Waals surface area contributed by atoms with Crippen molar-refractivity contribution in [3.63, 3.8) is 0 Å². The summed E-state index contributed by atoms with van der Waals surface area (Å²) in [6, 6.07) is 5.84. The number of aryl methyl sites for hydroxylation is 1. The lowest BCUT2D eigenvalue weighted by Gasteiger charge is -2.39. The van der Waals surface area contributed by atoms with Crippen LogP contribution in [0.2, 0.25) is 0 Å². The van der Waals surface area contributed by atoms with Gasteiger partial charge in [-0.15, -0.1) is 0 Å². The van der Waals surface area contributed by atoms with Crippen molar-refractivity contribution < 1.29 is 19.1 Å². The number of anilines is 1. The molecular formula is C17H20N2O4. The summed E-state index contributed by atoms with van der Waals surface area (Å²) in [5.41, 5.74) is 1.70. The second kappa shape index (κ2) is 5.53. The molecule has 0 aromatic heterocycles. The maximum absolute atomic E-state index is 12.4. The molecule has 1 saturated heterocycles. The van der Waals surface area contributed by atoms with Crippen LogP contribution in [-0.2, 0) is 14.3 Å². The molecule has 1 N–H and O–H groups in total. The predicted octanol–water partition coefficient (Wildman–Crippen LogP) is 1.01. The Morgan fingerprint density at radius 1 is 1.43 bits per heavy atom. The summed E-state index contributed by atoms with van der Waals surface area (Å²) in [4.78, 5) is 26.0. The molecule has 1 aliphatic carbocycles. The number of nitrogens with one attached hydrogen (secondary N) is 1. The Bertz CT molecular complexity index is 660. The lowest BCUT2D eigenvalue weighted by Crippen LogP contribution is -2.56. The van der Waals surface area contributed by atoms with E-state index >= 15 is 0 Å². The molecule has 2 heterocycles. The molecule has 6 nitrogen and oxygen atoms in total. The Labute approximate surface area is 134 Å². The van der Waals surface area contributed by atoms with Gasteiger partial charge in [0.15, 0.2) is 6.61 Å². The van der Waals surface area contributed by atoms with Gasteiger partial charge in [-0.1, -0.05) is 6.07 Å². The Kier molecular flexibility index (Phi) is 3.49.